The molecule has 0 fully saturated rings. The molecular weight excluding hydrogens is 240 g/mol. The van der Waals surface area contributed by atoms with Crippen LogP contribution in [0.2, 0.25) is 0 Å². The molecule has 5 nitrogen and oxygen atoms in total. The molecule has 19 heavy (non-hydrogen) atoms. The lowest BCUT2D eigenvalue weighted by atomic mass is 10.1. The Morgan fingerprint density at radius 1 is 1.32 bits per heavy atom. The van der Waals surface area contributed by atoms with E-state index in [9.17, 15) is 4.79 Å². The number of H-pyrrole nitrogens is 1. The number of hydrogen-bond donors (Lipinski definition) is 3. The van der Waals surface area contributed by atoms with E-state index >= 15 is 0 Å². The molecule has 1 aromatic heterocycles. The first-order valence-electron chi connectivity index (χ1n) is 6.13. The number of aromatic nitrogens is 2. The fraction of sp³-hybridized carbons (Fsp3) is 0.286. The molecular formula is C14H18N4O. The predicted octanol–water partition coefficient (Wildman–Crippen LogP) is 1.43. The van der Waals surface area contributed by atoms with Crippen LogP contribution >= 0.6 is 0 Å². The Balaban J connectivity index is 1.98. The number of carbonyl (C=O) groups is 1. The van der Waals surface area contributed by atoms with Crippen LogP contribution in [0.25, 0.3) is 11.3 Å². The zero-order valence-corrected chi connectivity index (χ0v) is 11.1. The first-order valence-corrected chi connectivity index (χ1v) is 6.13. The molecule has 0 spiro atoms. The molecule has 2 aromatic rings. The molecule has 0 aliphatic carbocycles. The number of nitrogens with zero attached hydrogens (tertiary/aromatic N) is 1. The van der Waals surface area contributed by atoms with Crippen molar-refractivity contribution in [2.24, 2.45) is 5.73 Å². The average molecular weight is 258 g/mol. The zero-order chi connectivity index (χ0) is 13.9. The zero-order valence-electron chi connectivity index (χ0n) is 11.1. The van der Waals surface area contributed by atoms with E-state index in [0.717, 1.165) is 16.8 Å². The van der Waals surface area contributed by atoms with Crippen molar-refractivity contribution in [1.82, 2.24) is 15.5 Å². The summed E-state index contributed by atoms with van der Waals surface area (Å²) in [5.41, 5.74) is 7.92. The van der Waals surface area contributed by atoms with E-state index < -0.39 is 5.54 Å². The van der Waals surface area contributed by atoms with Gasteiger partial charge in [-0.05, 0) is 31.0 Å². The third-order valence-corrected chi connectivity index (χ3v) is 2.80. The van der Waals surface area contributed by atoms with Gasteiger partial charge in [0.1, 0.15) is 0 Å². The van der Waals surface area contributed by atoms with E-state index in [1.807, 2.05) is 30.3 Å². The number of benzene rings is 1. The van der Waals surface area contributed by atoms with Gasteiger partial charge in [0.2, 0.25) is 5.91 Å². The summed E-state index contributed by atoms with van der Waals surface area (Å²) < 4.78 is 0. The molecule has 0 bridgehead atoms. The van der Waals surface area contributed by atoms with Gasteiger partial charge in [0.05, 0.1) is 11.2 Å². The topological polar surface area (TPSA) is 83.8 Å². The van der Waals surface area contributed by atoms with E-state index in [1.165, 1.54) is 0 Å². The van der Waals surface area contributed by atoms with Crippen LogP contribution < -0.4 is 11.1 Å². The van der Waals surface area contributed by atoms with Crippen LogP contribution in [0.15, 0.2) is 36.5 Å². The van der Waals surface area contributed by atoms with Gasteiger partial charge in [0.15, 0.2) is 0 Å². The summed E-state index contributed by atoms with van der Waals surface area (Å²) in [6.07, 6.45) is 1.72. The maximum absolute atomic E-state index is 11.6. The first-order chi connectivity index (χ1) is 8.97. The molecule has 0 aliphatic rings. The molecule has 0 atom stereocenters. The summed E-state index contributed by atoms with van der Waals surface area (Å²) in [7, 11) is 0. The Kier molecular flexibility index (Phi) is 3.66. The molecule has 0 saturated heterocycles. The quantitative estimate of drug-likeness (QED) is 0.775. The van der Waals surface area contributed by atoms with Crippen molar-refractivity contribution in [3.63, 3.8) is 0 Å². The molecule has 1 aromatic carbocycles. The monoisotopic (exact) mass is 258 g/mol. The second-order valence-electron chi connectivity index (χ2n) is 5.07. The molecule has 5 heteroatoms. The molecule has 0 aliphatic heterocycles. The van der Waals surface area contributed by atoms with Crippen molar-refractivity contribution in [1.29, 1.82) is 0 Å². The van der Waals surface area contributed by atoms with Gasteiger partial charge in [-0.15, -0.1) is 0 Å². The number of aromatic amines is 1. The fourth-order valence-electron chi connectivity index (χ4n) is 1.63. The molecule has 0 radical (unpaired) electrons. The molecule has 100 valence electrons. The smallest absolute Gasteiger partial charge is 0.239 e. The van der Waals surface area contributed by atoms with Crippen molar-refractivity contribution in [2.45, 2.75) is 25.9 Å². The fourth-order valence-corrected chi connectivity index (χ4v) is 1.63. The maximum atomic E-state index is 11.6. The number of amides is 1. The number of nitrogens with two attached hydrogens (primary N) is 1. The summed E-state index contributed by atoms with van der Waals surface area (Å²) in [5, 5.41) is 9.63. The summed E-state index contributed by atoms with van der Waals surface area (Å²) in [4.78, 5) is 11.6. The van der Waals surface area contributed by atoms with Crippen molar-refractivity contribution in [2.75, 3.05) is 0 Å². The van der Waals surface area contributed by atoms with Crippen LogP contribution in [0.4, 0.5) is 0 Å². The minimum Gasteiger partial charge on any atom is -0.350 e. The van der Waals surface area contributed by atoms with Crippen LogP contribution in [-0.2, 0) is 11.3 Å². The summed E-state index contributed by atoms with van der Waals surface area (Å²) >= 11 is 0. The Hall–Kier alpha value is -2.14. The van der Waals surface area contributed by atoms with Gasteiger partial charge in [-0.3, -0.25) is 9.89 Å². The summed E-state index contributed by atoms with van der Waals surface area (Å²) in [6.45, 7) is 3.84. The van der Waals surface area contributed by atoms with E-state index in [1.54, 1.807) is 20.0 Å². The minimum absolute atomic E-state index is 0.162. The molecule has 2 rings (SSSR count). The lowest BCUT2D eigenvalue weighted by Crippen LogP contribution is -2.48. The predicted molar refractivity (Wildman–Crippen MR) is 74.1 cm³/mol. The third-order valence-electron chi connectivity index (χ3n) is 2.80. The van der Waals surface area contributed by atoms with Gasteiger partial charge in [-0.25, -0.2) is 0 Å². The standard InChI is InChI=1S/C14H18N4O/c1-14(2,15)13(19)16-9-10-3-5-11(6-4-10)12-7-8-17-18-12/h3-8H,9,15H2,1-2H3,(H,16,19)(H,17,18). The van der Waals surface area contributed by atoms with Crippen LogP contribution in [0.3, 0.4) is 0 Å². The Morgan fingerprint density at radius 2 is 2.00 bits per heavy atom. The highest BCUT2D eigenvalue weighted by atomic mass is 16.2. The number of nitrogens with one attached hydrogen (secondary N) is 2. The van der Waals surface area contributed by atoms with Crippen LogP contribution in [-0.4, -0.2) is 21.6 Å². The van der Waals surface area contributed by atoms with Crippen molar-refractivity contribution in [3.05, 3.63) is 42.1 Å². The Bertz CT molecular complexity index is 538. The van der Waals surface area contributed by atoms with Crippen molar-refractivity contribution in [3.8, 4) is 11.3 Å². The average Bonchev–Trinajstić information content (AvgIpc) is 2.89. The summed E-state index contributed by atoms with van der Waals surface area (Å²) in [5.74, 6) is -0.162. The van der Waals surface area contributed by atoms with Crippen LogP contribution in [0, 0.1) is 0 Å². The van der Waals surface area contributed by atoms with Gasteiger partial charge in [-0.1, -0.05) is 24.3 Å². The van der Waals surface area contributed by atoms with E-state index in [0.29, 0.717) is 6.54 Å². The number of hydrogen-bond acceptors (Lipinski definition) is 3. The minimum atomic E-state index is -0.851. The second kappa shape index (κ2) is 5.24. The number of rotatable bonds is 4. The number of carbonyl (C=O) groups excluding carboxylic acids is 1. The molecule has 0 saturated carbocycles. The summed E-state index contributed by atoms with van der Waals surface area (Å²) in [6, 6.07) is 9.83. The van der Waals surface area contributed by atoms with Gasteiger partial charge in [-0.2, -0.15) is 5.10 Å². The normalized spacial score (nSPS) is 11.3. The van der Waals surface area contributed by atoms with E-state index in [-0.39, 0.29) is 5.91 Å². The van der Waals surface area contributed by atoms with Crippen molar-refractivity contribution >= 4 is 5.91 Å². The van der Waals surface area contributed by atoms with Crippen LogP contribution in [0.5, 0.6) is 0 Å². The Labute approximate surface area is 112 Å². The van der Waals surface area contributed by atoms with E-state index in [4.69, 9.17) is 5.73 Å². The highest BCUT2D eigenvalue weighted by Crippen LogP contribution is 2.16. The highest BCUT2D eigenvalue weighted by Gasteiger charge is 2.20. The molecule has 4 N–H and O–H groups in total. The molecule has 1 heterocycles. The lowest BCUT2D eigenvalue weighted by molar-refractivity contribution is -0.125. The SMILES string of the molecule is CC(C)(N)C(=O)NCc1ccc(-c2ccn[nH]2)cc1. The van der Waals surface area contributed by atoms with E-state index in [2.05, 4.69) is 15.5 Å². The highest BCUT2D eigenvalue weighted by molar-refractivity contribution is 5.85. The Morgan fingerprint density at radius 3 is 2.53 bits per heavy atom. The largest absolute Gasteiger partial charge is 0.350 e. The maximum Gasteiger partial charge on any atom is 0.239 e. The van der Waals surface area contributed by atoms with Crippen LogP contribution in [0.1, 0.15) is 19.4 Å². The molecule has 0 unspecified atom stereocenters. The van der Waals surface area contributed by atoms with Gasteiger partial charge >= 0.3 is 0 Å². The molecule has 1 amide bonds. The van der Waals surface area contributed by atoms with Crippen molar-refractivity contribution < 1.29 is 4.79 Å². The lowest BCUT2D eigenvalue weighted by Gasteiger charge is -2.17. The first kappa shape index (κ1) is 13.3. The van der Waals surface area contributed by atoms with Gasteiger partial charge < -0.3 is 11.1 Å². The van der Waals surface area contributed by atoms with Gasteiger partial charge in [0.25, 0.3) is 0 Å². The van der Waals surface area contributed by atoms with Gasteiger partial charge in [0, 0.05) is 12.7 Å². The second-order valence-corrected chi connectivity index (χ2v) is 5.07. The third kappa shape index (κ3) is 3.42.